The zero-order chi connectivity index (χ0) is 27.3. The van der Waals surface area contributed by atoms with E-state index >= 15 is 0 Å². The molecule has 2 aromatic carbocycles. The zero-order valence-electron chi connectivity index (χ0n) is 20.8. The van der Waals surface area contributed by atoms with Crippen molar-refractivity contribution in [2.24, 2.45) is 0 Å². The van der Waals surface area contributed by atoms with Gasteiger partial charge in [-0.25, -0.2) is 0 Å². The van der Waals surface area contributed by atoms with E-state index in [1.54, 1.807) is 29.2 Å². The van der Waals surface area contributed by atoms with Gasteiger partial charge in [0.1, 0.15) is 16.7 Å². The SMILES string of the molecule is O=S(=O)(O)c1ccccc1C1=C2C=CC(N(CCO)CCO)=CC2Oc2cc(N(CCO)CCO)ccc21. The van der Waals surface area contributed by atoms with Crippen LogP contribution in [0.3, 0.4) is 0 Å². The summed E-state index contributed by atoms with van der Waals surface area (Å²) in [6, 6.07) is 11.6. The van der Waals surface area contributed by atoms with Crippen molar-refractivity contribution >= 4 is 21.4 Å². The van der Waals surface area contributed by atoms with Crippen LogP contribution < -0.4 is 9.64 Å². The van der Waals surface area contributed by atoms with Gasteiger partial charge in [-0.3, -0.25) is 4.55 Å². The lowest BCUT2D eigenvalue weighted by Crippen LogP contribution is -2.33. The average molecular weight is 545 g/mol. The van der Waals surface area contributed by atoms with E-state index < -0.39 is 16.2 Å². The third-order valence-electron chi connectivity index (χ3n) is 6.48. The lowest BCUT2D eigenvalue weighted by molar-refractivity contribution is 0.189. The van der Waals surface area contributed by atoms with Crippen LogP contribution in [0.4, 0.5) is 5.69 Å². The fraction of sp³-hybridized carbons (Fsp3) is 0.333. The van der Waals surface area contributed by atoms with Crippen LogP contribution >= 0.6 is 0 Å². The number of ether oxygens (including phenoxy) is 1. The molecule has 2 aromatic rings. The first-order valence-corrected chi connectivity index (χ1v) is 13.7. The molecule has 38 heavy (non-hydrogen) atoms. The highest BCUT2D eigenvalue weighted by atomic mass is 32.2. The van der Waals surface area contributed by atoms with E-state index in [-0.39, 0.29) is 31.3 Å². The molecule has 1 aliphatic heterocycles. The van der Waals surface area contributed by atoms with Gasteiger partial charge in [0.25, 0.3) is 10.1 Å². The average Bonchev–Trinajstić information content (AvgIpc) is 2.90. The summed E-state index contributed by atoms with van der Waals surface area (Å²) in [5.74, 6) is 0.457. The van der Waals surface area contributed by atoms with Gasteiger partial charge in [0.05, 0.1) is 26.4 Å². The number of nitrogens with zero attached hydrogens (tertiary/aromatic N) is 2. The van der Waals surface area contributed by atoms with Crippen LogP contribution in [0.5, 0.6) is 5.75 Å². The summed E-state index contributed by atoms with van der Waals surface area (Å²) in [4.78, 5) is 3.39. The molecule has 0 saturated carbocycles. The minimum Gasteiger partial charge on any atom is -0.481 e. The third kappa shape index (κ3) is 5.78. The maximum Gasteiger partial charge on any atom is 0.295 e. The summed E-state index contributed by atoms with van der Waals surface area (Å²) in [5, 5.41) is 37.9. The minimum atomic E-state index is -4.54. The number of aliphatic hydroxyl groups excluding tert-OH is 4. The molecule has 1 aliphatic carbocycles. The Balaban J connectivity index is 1.90. The van der Waals surface area contributed by atoms with Gasteiger partial charge in [-0.2, -0.15) is 8.42 Å². The number of hydrogen-bond donors (Lipinski definition) is 5. The van der Waals surface area contributed by atoms with Crippen LogP contribution in [-0.4, -0.2) is 97.0 Å². The van der Waals surface area contributed by atoms with Crippen LogP contribution in [0, 0.1) is 0 Å². The molecular formula is C27H32N2O8S. The van der Waals surface area contributed by atoms with Crippen LogP contribution in [0.15, 0.2) is 76.9 Å². The second-order valence-electron chi connectivity index (χ2n) is 8.81. The van der Waals surface area contributed by atoms with E-state index in [2.05, 4.69) is 0 Å². The molecule has 10 nitrogen and oxygen atoms in total. The van der Waals surface area contributed by atoms with Crippen molar-refractivity contribution in [2.75, 3.05) is 57.5 Å². The van der Waals surface area contributed by atoms with Gasteiger partial charge in [0.15, 0.2) is 0 Å². The van der Waals surface area contributed by atoms with E-state index in [0.717, 1.165) is 5.70 Å². The Morgan fingerprint density at radius 3 is 2.05 bits per heavy atom. The van der Waals surface area contributed by atoms with Gasteiger partial charge in [0.2, 0.25) is 0 Å². The van der Waals surface area contributed by atoms with Crippen molar-refractivity contribution in [1.82, 2.24) is 4.90 Å². The zero-order valence-corrected chi connectivity index (χ0v) is 21.6. The van der Waals surface area contributed by atoms with Crippen LogP contribution in [0.1, 0.15) is 11.1 Å². The Hall–Kier alpha value is -3.19. The van der Waals surface area contributed by atoms with Crippen LogP contribution in [-0.2, 0) is 10.1 Å². The fourth-order valence-electron chi connectivity index (χ4n) is 4.83. The fourth-order valence-corrected chi connectivity index (χ4v) is 5.53. The molecule has 2 aliphatic rings. The molecule has 5 N–H and O–H groups in total. The number of allylic oxidation sites excluding steroid dienone is 1. The van der Waals surface area contributed by atoms with Gasteiger partial charge in [0, 0.05) is 65.9 Å². The van der Waals surface area contributed by atoms with E-state index in [1.165, 1.54) is 12.1 Å². The van der Waals surface area contributed by atoms with Crippen molar-refractivity contribution in [2.45, 2.75) is 11.0 Å². The molecule has 204 valence electrons. The lowest BCUT2D eigenvalue weighted by atomic mass is 9.85. The molecule has 0 fully saturated rings. The smallest absolute Gasteiger partial charge is 0.295 e. The van der Waals surface area contributed by atoms with Gasteiger partial charge in [-0.1, -0.05) is 24.3 Å². The van der Waals surface area contributed by atoms with Crippen molar-refractivity contribution < 1.29 is 38.1 Å². The van der Waals surface area contributed by atoms with E-state index in [9.17, 15) is 33.4 Å². The van der Waals surface area contributed by atoms with Gasteiger partial charge in [-0.15, -0.1) is 0 Å². The molecule has 0 amide bonds. The highest BCUT2D eigenvalue weighted by Crippen LogP contribution is 2.45. The summed E-state index contributed by atoms with van der Waals surface area (Å²) in [7, 11) is -4.54. The van der Waals surface area contributed by atoms with Crippen molar-refractivity contribution in [3.05, 3.63) is 83.1 Å². The third-order valence-corrected chi connectivity index (χ3v) is 7.40. The van der Waals surface area contributed by atoms with E-state index in [1.807, 2.05) is 29.2 Å². The number of rotatable bonds is 12. The number of fused-ring (bicyclic) bond motifs is 2. The number of aliphatic hydroxyl groups is 4. The van der Waals surface area contributed by atoms with Crippen molar-refractivity contribution in [3.63, 3.8) is 0 Å². The highest BCUT2D eigenvalue weighted by molar-refractivity contribution is 7.86. The monoisotopic (exact) mass is 544 g/mol. The lowest BCUT2D eigenvalue weighted by Gasteiger charge is -2.34. The van der Waals surface area contributed by atoms with Gasteiger partial charge >= 0.3 is 0 Å². The molecule has 1 heterocycles. The molecule has 1 atom stereocenters. The quantitative estimate of drug-likeness (QED) is 0.245. The van der Waals surface area contributed by atoms with Crippen LogP contribution in [0.2, 0.25) is 0 Å². The topological polar surface area (TPSA) is 151 Å². The first-order chi connectivity index (χ1) is 18.3. The molecule has 11 heteroatoms. The maximum atomic E-state index is 12.3. The first kappa shape index (κ1) is 27.8. The Kier molecular flexibility index (Phi) is 8.87. The first-order valence-electron chi connectivity index (χ1n) is 12.3. The number of hydrogen-bond acceptors (Lipinski definition) is 9. The predicted octanol–water partition coefficient (Wildman–Crippen LogP) is 1.03. The Labute approximate surface area is 221 Å². The summed E-state index contributed by atoms with van der Waals surface area (Å²) in [5.41, 5.74) is 3.63. The van der Waals surface area contributed by atoms with E-state index in [4.69, 9.17) is 4.74 Å². The molecule has 0 radical (unpaired) electrons. The number of benzene rings is 2. The Morgan fingerprint density at radius 2 is 1.42 bits per heavy atom. The van der Waals surface area contributed by atoms with Crippen LogP contribution in [0.25, 0.3) is 5.57 Å². The van der Waals surface area contributed by atoms with Crippen molar-refractivity contribution in [1.29, 1.82) is 0 Å². The summed E-state index contributed by atoms with van der Waals surface area (Å²) in [6.07, 6.45) is 4.84. The number of anilines is 1. The maximum absolute atomic E-state index is 12.3. The standard InChI is InChI=1S/C27H32N2O8S/c30-13-9-28(10-14-31)19-5-7-21-24(17-19)37-25-18-20(29(11-15-32)12-16-33)6-8-22(25)27(21)23-3-1-2-4-26(23)38(34,35)36/h1-8,17-18,24,30-33H,9-16H2,(H,34,35,36). The molecule has 0 spiro atoms. The highest BCUT2D eigenvalue weighted by Gasteiger charge is 2.32. The molecule has 0 saturated heterocycles. The second-order valence-corrected chi connectivity index (χ2v) is 10.2. The second kappa shape index (κ2) is 12.1. The molecular weight excluding hydrogens is 512 g/mol. The normalized spacial score (nSPS) is 16.4. The molecule has 4 rings (SSSR count). The summed E-state index contributed by atoms with van der Waals surface area (Å²) >= 11 is 0. The molecule has 0 aromatic heterocycles. The summed E-state index contributed by atoms with van der Waals surface area (Å²) < 4.78 is 41.0. The Morgan fingerprint density at radius 1 is 0.789 bits per heavy atom. The predicted molar refractivity (Wildman–Crippen MR) is 142 cm³/mol. The minimum absolute atomic E-state index is 0.107. The molecule has 0 bridgehead atoms. The Bertz CT molecular complexity index is 1340. The van der Waals surface area contributed by atoms with Gasteiger partial charge in [-0.05, 0) is 30.4 Å². The van der Waals surface area contributed by atoms with Crippen molar-refractivity contribution in [3.8, 4) is 5.75 Å². The van der Waals surface area contributed by atoms with E-state index in [0.29, 0.717) is 59.9 Å². The van der Waals surface area contributed by atoms with Gasteiger partial charge < -0.3 is 35.0 Å². The largest absolute Gasteiger partial charge is 0.481 e. The molecule has 1 unspecified atom stereocenters. The summed E-state index contributed by atoms with van der Waals surface area (Å²) in [6.45, 7) is 0.769.